The number of fused-ring (bicyclic) bond motifs is 1. The molecule has 2 aromatic carbocycles. The van der Waals surface area contributed by atoms with Gasteiger partial charge < -0.3 is 9.84 Å². The number of ether oxygens (including phenoxy) is 1. The van der Waals surface area contributed by atoms with Crippen LogP contribution < -0.4 is 0 Å². The lowest BCUT2D eigenvalue weighted by Crippen LogP contribution is -2.23. The van der Waals surface area contributed by atoms with Crippen LogP contribution in [0.1, 0.15) is 24.5 Å². The number of aliphatic hydroxyl groups excluding tert-OH is 1. The Hall–Kier alpha value is -1.38. The fraction of sp³-hybridized carbons (Fsp3) is 0.375. The fourth-order valence-electron chi connectivity index (χ4n) is 2.78. The molecule has 0 aliphatic carbocycles. The van der Waals surface area contributed by atoms with Gasteiger partial charge in [-0.1, -0.05) is 42.5 Å². The van der Waals surface area contributed by atoms with E-state index in [1.807, 2.05) is 24.3 Å². The van der Waals surface area contributed by atoms with E-state index in [9.17, 15) is 5.11 Å². The zero-order valence-corrected chi connectivity index (χ0v) is 10.4. The molecule has 2 unspecified atom stereocenters. The zero-order chi connectivity index (χ0) is 12.4. The van der Waals surface area contributed by atoms with E-state index < -0.39 is 6.10 Å². The summed E-state index contributed by atoms with van der Waals surface area (Å²) in [7, 11) is 0. The van der Waals surface area contributed by atoms with Gasteiger partial charge in [0.1, 0.15) is 0 Å². The van der Waals surface area contributed by atoms with Crippen LogP contribution in [0.2, 0.25) is 0 Å². The normalized spacial score (nSPS) is 21.9. The van der Waals surface area contributed by atoms with Crippen LogP contribution >= 0.6 is 0 Å². The minimum absolute atomic E-state index is 0.226. The van der Waals surface area contributed by atoms with E-state index in [1.54, 1.807) is 0 Å². The van der Waals surface area contributed by atoms with Crippen molar-refractivity contribution in [3.05, 3.63) is 48.0 Å². The fourth-order valence-corrected chi connectivity index (χ4v) is 2.78. The first-order chi connectivity index (χ1) is 8.86. The van der Waals surface area contributed by atoms with Gasteiger partial charge in [0.05, 0.1) is 12.7 Å². The molecule has 1 aliphatic rings. The third-order valence-electron chi connectivity index (χ3n) is 3.78. The summed E-state index contributed by atoms with van der Waals surface area (Å²) in [6, 6.07) is 14.4. The lowest BCUT2D eigenvalue weighted by atomic mass is 9.88. The zero-order valence-electron chi connectivity index (χ0n) is 10.4. The minimum Gasteiger partial charge on any atom is -0.388 e. The summed E-state index contributed by atoms with van der Waals surface area (Å²) in [5.74, 6) is 0.226. The maximum absolute atomic E-state index is 10.6. The molecule has 2 heteroatoms. The van der Waals surface area contributed by atoms with E-state index in [4.69, 9.17) is 4.74 Å². The van der Waals surface area contributed by atoms with Crippen LogP contribution in [0.3, 0.4) is 0 Å². The summed E-state index contributed by atoms with van der Waals surface area (Å²) < 4.78 is 5.48. The third-order valence-corrected chi connectivity index (χ3v) is 3.78. The van der Waals surface area contributed by atoms with Crippen molar-refractivity contribution in [2.75, 3.05) is 13.2 Å². The van der Waals surface area contributed by atoms with Crippen LogP contribution in [0.4, 0.5) is 0 Å². The Labute approximate surface area is 107 Å². The van der Waals surface area contributed by atoms with Crippen molar-refractivity contribution >= 4 is 10.8 Å². The molecule has 1 saturated heterocycles. The minimum atomic E-state index is -0.420. The molecule has 1 aliphatic heterocycles. The molecule has 0 amide bonds. The summed E-state index contributed by atoms with van der Waals surface area (Å²) in [6.45, 7) is 1.50. The van der Waals surface area contributed by atoms with Crippen molar-refractivity contribution in [2.45, 2.75) is 18.9 Å². The van der Waals surface area contributed by atoms with Gasteiger partial charge in [0.25, 0.3) is 0 Å². The Bertz CT molecular complexity index is 524. The van der Waals surface area contributed by atoms with Gasteiger partial charge in [-0.2, -0.15) is 0 Å². The summed E-state index contributed by atoms with van der Waals surface area (Å²) in [5, 5.41) is 12.9. The second-order valence-corrected chi connectivity index (χ2v) is 4.99. The topological polar surface area (TPSA) is 29.5 Å². The van der Waals surface area contributed by atoms with Crippen molar-refractivity contribution in [3.8, 4) is 0 Å². The largest absolute Gasteiger partial charge is 0.388 e. The highest BCUT2D eigenvalue weighted by Gasteiger charge is 2.24. The van der Waals surface area contributed by atoms with Gasteiger partial charge in [-0.05, 0) is 29.2 Å². The van der Waals surface area contributed by atoms with E-state index in [-0.39, 0.29) is 5.92 Å². The lowest BCUT2D eigenvalue weighted by Gasteiger charge is -2.27. The van der Waals surface area contributed by atoms with Crippen LogP contribution in [0.15, 0.2) is 42.5 Å². The van der Waals surface area contributed by atoms with Gasteiger partial charge in [0.2, 0.25) is 0 Å². The number of rotatable bonds is 2. The summed E-state index contributed by atoms with van der Waals surface area (Å²) in [4.78, 5) is 0. The Kier molecular flexibility index (Phi) is 3.31. The molecule has 0 saturated carbocycles. The second-order valence-electron chi connectivity index (χ2n) is 4.99. The number of aliphatic hydroxyl groups is 1. The first-order valence-electron chi connectivity index (χ1n) is 6.60. The molecule has 0 spiro atoms. The van der Waals surface area contributed by atoms with E-state index in [2.05, 4.69) is 18.2 Å². The van der Waals surface area contributed by atoms with Gasteiger partial charge in [-0.15, -0.1) is 0 Å². The van der Waals surface area contributed by atoms with E-state index in [0.29, 0.717) is 6.61 Å². The van der Waals surface area contributed by atoms with Crippen molar-refractivity contribution in [1.29, 1.82) is 0 Å². The van der Waals surface area contributed by atoms with Crippen LogP contribution in [-0.2, 0) is 4.74 Å². The molecule has 94 valence electrons. The quantitative estimate of drug-likeness (QED) is 0.875. The summed E-state index contributed by atoms with van der Waals surface area (Å²) in [5.41, 5.74) is 1.03. The molecule has 0 aromatic heterocycles. The van der Waals surface area contributed by atoms with Crippen LogP contribution in [0, 0.1) is 5.92 Å². The van der Waals surface area contributed by atoms with Gasteiger partial charge in [0, 0.05) is 12.5 Å². The van der Waals surface area contributed by atoms with Crippen LogP contribution in [-0.4, -0.2) is 18.3 Å². The standard InChI is InChI=1S/C16H18O2/c17-16(13-7-4-10-18-11-13)15-9-3-6-12-5-1-2-8-14(12)15/h1-3,5-6,8-9,13,16-17H,4,7,10-11H2. The Morgan fingerprint density at radius 3 is 2.78 bits per heavy atom. The molecule has 2 atom stereocenters. The number of hydrogen-bond donors (Lipinski definition) is 1. The predicted molar refractivity (Wildman–Crippen MR) is 72.5 cm³/mol. The van der Waals surface area contributed by atoms with Gasteiger partial charge in [0.15, 0.2) is 0 Å². The Balaban J connectivity index is 1.97. The highest BCUT2D eigenvalue weighted by atomic mass is 16.5. The molecule has 1 N–H and O–H groups in total. The monoisotopic (exact) mass is 242 g/mol. The highest BCUT2D eigenvalue weighted by Crippen LogP contribution is 2.32. The van der Waals surface area contributed by atoms with Gasteiger partial charge >= 0.3 is 0 Å². The lowest BCUT2D eigenvalue weighted by molar-refractivity contribution is -0.00942. The van der Waals surface area contributed by atoms with Gasteiger partial charge in [-0.3, -0.25) is 0 Å². The van der Waals surface area contributed by atoms with Crippen molar-refractivity contribution in [3.63, 3.8) is 0 Å². The smallest absolute Gasteiger partial charge is 0.0846 e. The number of benzene rings is 2. The predicted octanol–water partition coefficient (Wildman–Crippen LogP) is 3.30. The molecular formula is C16H18O2. The van der Waals surface area contributed by atoms with Crippen LogP contribution in [0.5, 0.6) is 0 Å². The average molecular weight is 242 g/mol. The Morgan fingerprint density at radius 1 is 1.11 bits per heavy atom. The molecule has 1 fully saturated rings. The summed E-state index contributed by atoms with van der Waals surface area (Å²) >= 11 is 0. The molecule has 2 aromatic rings. The van der Waals surface area contributed by atoms with Crippen molar-refractivity contribution in [2.24, 2.45) is 5.92 Å². The van der Waals surface area contributed by atoms with Crippen molar-refractivity contribution in [1.82, 2.24) is 0 Å². The maximum Gasteiger partial charge on any atom is 0.0846 e. The first-order valence-corrected chi connectivity index (χ1v) is 6.60. The average Bonchev–Trinajstić information content (AvgIpc) is 2.47. The Morgan fingerprint density at radius 2 is 1.94 bits per heavy atom. The number of hydrogen-bond acceptors (Lipinski definition) is 2. The maximum atomic E-state index is 10.6. The molecule has 0 bridgehead atoms. The molecule has 18 heavy (non-hydrogen) atoms. The first kappa shape index (κ1) is 11.7. The van der Waals surface area contributed by atoms with Gasteiger partial charge in [-0.25, -0.2) is 0 Å². The third kappa shape index (κ3) is 2.14. The van der Waals surface area contributed by atoms with E-state index in [1.165, 1.54) is 5.39 Å². The second kappa shape index (κ2) is 5.09. The molecule has 2 nitrogen and oxygen atoms in total. The van der Waals surface area contributed by atoms with E-state index >= 15 is 0 Å². The SMILES string of the molecule is OC(c1cccc2ccccc12)C1CCCOC1. The molecule has 0 radical (unpaired) electrons. The van der Waals surface area contributed by atoms with E-state index in [0.717, 1.165) is 30.4 Å². The summed E-state index contributed by atoms with van der Waals surface area (Å²) in [6.07, 6.45) is 1.67. The van der Waals surface area contributed by atoms with Crippen molar-refractivity contribution < 1.29 is 9.84 Å². The molecule has 1 heterocycles. The molecule has 3 rings (SSSR count). The highest BCUT2D eigenvalue weighted by molar-refractivity contribution is 5.85. The molecular weight excluding hydrogens is 224 g/mol. The van der Waals surface area contributed by atoms with Crippen LogP contribution in [0.25, 0.3) is 10.8 Å².